The van der Waals surface area contributed by atoms with Crippen LogP contribution in [0.2, 0.25) is 0 Å². The van der Waals surface area contributed by atoms with Gasteiger partial charge in [-0.2, -0.15) is 0 Å². The zero-order valence-corrected chi connectivity index (χ0v) is 10.8. The van der Waals surface area contributed by atoms with Crippen LogP contribution >= 0.6 is 0 Å². The minimum absolute atomic E-state index is 0.00718. The van der Waals surface area contributed by atoms with E-state index < -0.39 is 0 Å². The first-order chi connectivity index (χ1) is 8.61. The van der Waals surface area contributed by atoms with Crippen LogP contribution < -0.4 is 10.5 Å². The Kier molecular flexibility index (Phi) is 3.72. The van der Waals surface area contributed by atoms with E-state index in [2.05, 4.69) is 11.9 Å². The number of carbonyl (C=O) groups excluding carboxylic acids is 1. The first kappa shape index (κ1) is 12.7. The normalized spacial score (nSPS) is 16.7. The van der Waals surface area contributed by atoms with E-state index in [-0.39, 0.29) is 5.91 Å². The molecule has 2 rings (SSSR count). The van der Waals surface area contributed by atoms with Crippen LogP contribution in [-0.4, -0.2) is 56.0 Å². The summed E-state index contributed by atoms with van der Waals surface area (Å²) in [5.74, 6) is 0.570. The highest BCUT2D eigenvalue weighted by Crippen LogP contribution is 2.23. The predicted octanol–water partition coefficient (Wildman–Crippen LogP) is 0.665. The van der Waals surface area contributed by atoms with Gasteiger partial charge in [0.15, 0.2) is 0 Å². The van der Waals surface area contributed by atoms with E-state index in [0.717, 1.165) is 26.2 Å². The molecule has 1 aromatic carbocycles. The molecule has 5 heteroatoms. The fraction of sp³-hybridized carbons (Fsp3) is 0.462. The van der Waals surface area contributed by atoms with Gasteiger partial charge < -0.3 is 20.3 Å². The first-order valence-electron chi connectivity index (χ1n) is 6.03. The summed E-state index contributed by atoms with van der Waals surface area (Å²) in [6, 6.07) is 5.15. The number of likely N-dealkylation sites (N-methyl/N-ethyl adjacent to an activating group) is 1. The number of nitrogens with two attached hydrogens (primary N) is 1. The number of methoxy groups -OCH3 is 1. The second-order valence-corrected chi connectivity index (χ2v) is 4.56. The number of carbonyl (C=O) groups is 1. The largest absolute Gasteiger partial charge is 0.496 e. The second kappa shape index (κ2) is 5.27. The third kappa shape index (κ3) is 2.56. The zero-order valence-electron chi connectivity index (χ0n) is 10.8. The van der Waals surface area contributed by atoms with Crippen LogP contribution in [0.25, 0.3) is 0 Å². The van der Waals surface area contributed by atoms with Crippen molar-refractivity contribution >= 4 is 11.6 Å². The van der Waals surface area contributed by atoms with Gasteiger partial charge in [0.25, 0.3) is 5.91 Å². The topological polar surface area (TPSA) is 58.8 Å². The number of ether oxygens (including phenoxy) is 1. The molecule has 0 spiro atoms. The maximum Gasteiger partial charge on any atom is 0.257 e. The third-order valence-electron chi connectivity index (χ3n) is 3.24. The van der Waals surface area contributed by atoms with Gasteiger partial charge in [-0.15, -0.1) is 0 Å². The lowest BCUT2D eigenvalue weighted by molar-refractivity contribution is 0.0661. The molecule has 1 heterocycles. The minimum atomic E-state index is -0.00718. The fourth-order valence-electron chi connectivity index (χ4n) is 2.07. The smallest absolute Gasteiger partial charge is 0.257 e. The SMILES string of the molecule is COc1ccc(N)cc1C(=O)N1CCN(C)CC1. The van der Waals surface area contributed by atoms with Crippen molar-refractivity contribution in [1.82, 2.24) is 9.80 Å². The van der Waals surface area contributed by atoms with Gasteiger partial charge in [0.05, 0.1) is 12.7 Å². The molecule has 1 aromatic rings. The Balaban J connectivity index is 2.20. The molecule has 0 radical (unpaired) electrons. The summed E-state index contributed by atoms with van der Waals surface area (Å²) < 4.78 is 5.22. The van der Waals surface area contributed by atoms with Crippen molar-refractivity contribution in [2.45, 2.75) is 0 Å². The van der Waals surface area contributed by atoms with E-state index in [1.807, 2.05) is 4.90 Å². The van der Waals surface area contributed by atoms with Gasteiger partial charge in [-0.05, 0) is 25.2 Å². The quantitative estimate of drug-likeness (QED) is 0.782. The lowest BCUT2D eigenvalue weighted by atomic mass is 10.1. The van der Waals surface area contributed by atoms with Crippen LogP contribution in [0.5, 0.6) is 5.75 Å². The lowest BCUT2D eigenvalue weighted by Gasteiger charge is -2.32. The molecule has 2 N–H and O–H groups in total. The standard InChI is InChI=1S/C13H19N3O2/c1-15-5-7-16(8-6-15)13(17)11-9-10(14)3-4-12(11)18-2/h3-4,9H,5-8,14H2,1-2H3. The molecule has 18 heavy (non-hydrogen) atoms. The second-order valence-electron chi connectivity index (χ2n) is 4.56. The predicted molar refractivity (Wildman–Crippen MR) is 70.8 cm³/mol. The zero-order chi connectivity index (χ0) is 13.1. The summed E-state index contributed by atoms with van der Waals surface area (Å²) in [5, 5.41) is 0. The summed E-state index contributed by atoms with van der Waals surface area (Å²) in [5.41, 5.74) is 6.86. The van der Waals surface area contributed by atoms with Crippen LogP contribution in [0.3, 0.4) is 0 Å². The Morgan fingerprint density at radius 2 is 1.94 bits per heavy atom. The molecule has 1 fully saturated rings. The number of anilines is 1. The molecule has 0 unspecified atom stereocenters. The van der Waals surface area contributed by atoms with E-state index >= 15 is 0 Å². The van der Waals surface area contributed by atoms with Crippen LogP contribution in [0.1, 0.15) is 10.4 Å². The van der Waals surface area contributed by atoms with Crippen molar-refractivity contribution in [3.8, 4) is 5.75 Å². The van der Waals surface area contributed by atoms with Crippen LogP contribution in [-0.2, 0) is 0 Å². The Bertz CT molecular complexity index is 440. The number of nitrogens with zero attached hydrogens (tertiary/aromatic N) is 2. The molecule has 0 bridgehead atoms. The molecule has 98 valence electrons. The molecule has 1 aliphatic heterocycles. The van der Waals surface area contributed by atoms with Crippen molar-refractivity contribution < 1.29 is 9.53 Å². The van der Waals surface area contributed by atoms with Crippen molar-refractivity contribution in [3.63, 3.8) is 0 Å². The summed E-state index contributed by atoms with van der Waals surface area (Å²) in [7, 11) is 3.62. The molecule has 1 amide bonds. The minimum Gasteiger partial charge on any atom is -0.496 e. The molecule has 1 aliphatic rings. The number of rotatable bonds is 2. The molecule has 5 nitrogen and oxygen atoms in total. The van der Waals surface area contributed by atoms with Crippen molar-refractivity contribution in [1.29, 1.82) is 0 Å². The van der Waals surface area contributed by atoms with Gasteiger partial charge in [0, 0.05) is 31.9 Å². The summed E-state index contributed by atoms with van der Waals surface area (Å²) in [4.78, 5) is 16.5. The van der Waals surface area contributed by atoms with Gasteiger partial charge in [-0.3, -0.25) is 4.79 Å². The Hall–Kier alpha value is -1.75. The van der Waals surface area contributed by atoms with E-state index in [4.69, 9.17) is 10.5 Å². The van der Waals surface area contributed by atoms with Crippen molar-refractivity contribution in [2.24, 2.45) is 0 Å². The average Bonchev–Trinajstić information content (AvgIpc) is 2.39. The monoisotopic (exact) mass is 249 g/mol. The number of hydrogen-bond acceptors (Lipinski definition) is 4. The highest BCUT2D eigenvalue weighted by atomic mass is 16.5. The highest BCUT2D eigenvalue weighted by molar-refractivity contribution is 5.97. The van der Waals surface area contributed by atoms with E-state index in [9.17, 15) is 4.79 Å². The van der Waals surface area contributed by atoms with E-state index in [1.54, 1.807) is 25.3 Å². The summed E-state index contributed by atoms with van der Waals surface area (Å²) in [6.07, 6.45) is 0. The Morgan fingerprint density at radius 1 is 1.28 bits per heavy atom. The van der Waals surface area contributed by atoms with Gasteiger partial charge in [-0.25, -0.2) is 0 Å². The summed E-state index contributed by atoms with van der Waals surface area (Å²) >= 11 is 0. The van der Waals surface area contributed by atoms with E-state index in [0.29, 0.717) is 17.0 Å². The maximum atomic E-state index is 12.4. The molecule has 0 saturated carbocycles. The van der Waals surface area contributed by atoms with Crippen molar-refractivity contribution in [2.75, 3.05) is 46.1 Å². The number of benzene rings is 1. The van der Waals surface area contributed by atoms with Gasteiger partial charge >= 0.3 is 0 Å². The number of hydrogen-bond donors (Lipinski definition) is 1. The highest BCUT2D eigenvalue weighted by Gasteiger charge is 2.22. The maximum absolute atomic E-state index is 12.4. The van der Waals surface area contributed by atoms with Crippen LogP contribution in [0, 0.1) is 0 Å². The average molecular weight is 249 g/mol. The Morgan fingerprint density at radius 3 is 2.56 bits per heavy atom. The number of amides is 1. The van der Waals surface area contributed by atoms with Crippen molar-refractivity contribution in [3.05, 3.63) is 23.8 Å². The lowest BCUT2D eigenvalue weighted by Crippen LogP contribution is -2.47. The molecular weight excluding hydrogens is 230 g/mol. The fourth-order valence-corrected chi connectivity index (χ4v) is 2.07. The van der Waals surface area contributed by atoms with E-state index in [1.165, 1.54) is 0 Å². The molecule has 0 atom stereocenters. The summed E-state index contributed by atoms with van der Waals surface area (Å²) in [6.45, 7) is 3.29. The van der Waals surface area contributed by atoms with Crippen LogP contribution in [0.4, 0.5) is 5.69 Å². The van der Waals surface area contributed by atoms with Gasteiger partial charge in [-0.1, -0.05) is 0 Å². The Labute approximate surface area is 107 Å². The third-order valence-corrected chi connectivity index (χ3v) is 3.24. The van der Waals surface area contributed by atoms with Gasteiger partial charge in [0.2, 0.25) is 0 Å². The first-order valence-corrected chi connectivity index (χ1v) is 6.03. The molecule has 1 saturated heterocycles. The molecule has 0 aliphatic carbocycles. The van der Waals surface area contributed by atoms with Crippen LogP contribution in [0.15, 0.2) is 18.2 Å². The molecular formula is C13H19N3O2. The number of nitrogen functional groups attached to an aromatic ring is 1. The van der Waals surface area contributed by atoms with Gasteiger partial charge in [0.1, 0.15) is 5.75 Å². The number of piperazine rings is 1. The molecule has 0 aromatic heterocycles.